The fourth-order valence-corrected chi connectivity index (χ4v) is 3.26. The number of hydrogen-bond donors (Lipinski definition) is 1. The predicted molar refractivity (Wildman–Crippen MR) is 105 cm³/mol. The monoisotopic (exact) mass is 412 g/mol. The zero-order valence-electron chi connectivity index (χ0n) is 16.6. The van der Waals surface area contributed by atoms with Crippen molar-refractivity contribution in [1.82, 2.24) is 4.98 Å². The number of nitriles is 1. The average molecular weight is 412 g/mol. The van der Waals surface area contributed by atoms with E-state index in [1.165, 1.54) is 44.4 Å². The van der Waals surface area contributed by atoms with Gasteiger partial charge in [-0.05, 0) is 45.0 Å². The van der Waals surface area contributed by atoms with Gasteiger partial charge in [-0.2, -0.15) is 5.26 Å². The maximum atomic E-state index is 15.5. The van der Waals surface area contributed by atoms with Crippen LogP contribution < -0.4 is 5.73 Å². The van der Waals surface area contributed by atoms with Crippen LogP contribution in [0.5, 0.6) is 0 Å². The number of alkyl halides is 2. The van der Waals surface area contributed by atoms with Crippen molar-refractivity contribution in [3.63, 3.8) is 0 Å². The molecule has 0 bridgehead atoms. The summed E-state index contributed by atoms with van der Waals surface area (Å²) in [5, 5.41) is 9.14. The van der Waals surface area contributed by atoms with Crippen molar-refractivity contribution in [2.45, 2.75) is 37.8 Å². The molecular weight excluding hydrogens is 393 g/mol. The number of aromatic nitrogens is 1. The van der Waals surface area contributed by atoms with Gasteiger partial charge < -0.3 is 10.5 Å². The second-order valence-electron chi connectivity index (χ2n) is 7.53. The van der Waals surface area contributed by atoms with Crippen molar-refractivity contribution < 1.29 is 17.9 Å². The molecule has 0 radical (unpaired) electrons. The first-order chi connectivity index (χ1) is 14.0. The lowest BCUT2D eigenvalue weighted by molar-refractivity contribution is -0.214. The summed E-state index contributed by atoms with van der Waals surface area (Å²) in [6.45, 7) is 3.26. The van der Waals surface area contributed by atoms with Crippen LogP contribution in [0, 0.1) is 29.0 Å². The molecule has 1 aromatic heterocycles. The largest absolute Gasteiger partial charge is 0.385 e. The van der Waals surface area contributed by atoms with Crippen LogP contribution in [0.25, 0.3) is 0 Å². The fraction of sp³-hybridized carbons (Fsp3) is 0.318. The highest BCUT2D eigenvalue weighted by Gasteiger charge is 2.63. The van der Waals surface area contributed by atoms with Gasteiger partial charge in [-0.1, -0.05) is 11.8 Å². The lowest BCUT2D eigenvalue weighted by Gasteiger charge is -2.41. The third-order valence-corrected chi connectivity index (χ3v) is 5.09. The molecule has 1 aliphatic heterocycles. The maximum Gasteiger partial charge on any atom is 0.304 e. The summed E-state index contributed by atoms with van der Waals surface area (Å²) in [4.78, 5) is 7.87. The summed E-state index contributed by atoms with van der Waals surface area (Å²) >= 11 is 0. The minimum atomic E-state index is -3.59. The van der Waals surface area contributed by atoms with Gasteiger partial charge in [0, 0.05) is 23.5 Å². The van der Waals surface area contributed by atoms with Crippen LogP contribution in [-0.4, -0.2) is 29.0 Å². The van der Waals surface area contributed by atoms with E-state index in [0.29, 0.717) is 11.1 Å². The van der Waals surface area contributed by atoms with Crippen LogP contribution >= 0.6 is 0 Å². The molecule has 0 spiro atoms. The molecule has 5 nitrogen and oxygen atoms in total. The molecule has 0 unspecified atom stereocenters. The van der Waals surface area contributed by atoms with E-state index in [1.54, 1.807) is 0 Å². The molecule has 0 fully saturated rings. The first kappa shape index (κ1) is 21.4. The van der Waals surface area contributed by atoms with Gasteiger partial charge in [0.2, 0.25) is 0 Å². The Bertz CT molecular complexity index is 1130. The predicted octanol–water partition coefficient (Wildman–Crippen LogP) is 3.51. The second kappa shape index (κ2) is 7.47. The van der Waals surface area contributed by atoms with Crippen LogP contribution in [0.1, 0.15) is 43.0 Å². The van der Waals surface area contributed by atoms with Crippen molar-refractivity contribution in [3.8, 4) is 17.9 Å². The van der Waals surface area contributed by atoms with Gasteiger partial charge in [0.05, 0.1) is 11.1 Å². The van der Waals surface area contributed by atoms with Crippen LogP contribution in [0.4, 0.5) is 13.2 Å². The van der Waals surface area contributed by atoms with Crippen LogP contribution in [0.2, 0.25) is 0 Å². The molecule has 2 heterocycles. The normalized spacial score (nSPS) is 22.1. The number of pyridine rings is 1. The summed E-state index contributed by atoms with van der Waals surface area (Å²) in [5.74, 6) is 0.925. The topological polar surface area (TPSA) is 84.3 Å². The number of halogens is 3. The SMILES string of the molecule is CC1(C)OCC(N)=N[C@](C)(c2cc(C#Cc3cnccc3C#N)ccc2F)C1(F)F. The maximum absolute atomic E-state index is 15.5. The summed E-state index contributed by atoms with van der Waals surface area (Å²) in [6.07, 6.45) is 2.88. The second-order valence-corrected chi connectivity index (χ2v) is 7.53. The van der Waals surface area contributed by atoms with Gasteiger partial charge in [0.1, 0.15) is 29.9 Å². The molecule has 8 heteroatoms. The van der Waals surface area contributed by atoms with Gasteiger partial charge in [0.15, 0.2) is 5.54 Å². The molecule has 0 amide bonds. The van der Waals surface area contributed by atoms with Crippen LogP contribution in [0.15, 0.2) is 41.7 Å². The number of amidine groups is 1. The summed E-state index contributed by atoms with van der Waals surface area (Å²) < 4.78 is 50.9. The molecule has 2 N–H and O–H groups in total. The summed E-state index contributed by atoms with van der Waals surface area (Å²) in [5.41, 5.74) is 2.09. The van der Waals surface area contributed by atoms with E-state index in [-0.39, 0.29) is 23.6 Å². The van der Waals surface area contributed by atoms with Gasteiger partial charge in [-0.25, -0.2) is 13.2 Å². The number of rotatable bonds is 1. The molecule has 1 aliphatic rings. The van der Waals surface area contributed by atoms with Crippen molar-refractivity contribution in [3.05, 3.63) is 64.7 Å². The fourth-order valence-electron chi connectivity index (χ4n) is 3.26. The zero-order chi connectivity index (χ0) is 22.2. The van der Waals surface area contributed by atoms with Gasteiger partial charge in [-0.15, -0.1) is 0 Å². The number of aliphatic imine (C=N–C) groups is 1. The van der Waals surface area contributed by atoms with Crippen LogP contribution in [-0.2, 0) is 10.3 Å². The highest BCUT2D eigenvalue weighted by molar-refractivity contribution is 5.82. The van der Waals surface area contributed by atoms with Crippen LogP contribution in [0.3, 0.4) is 0 Å². The lowest BCUT2D eigenvalue weighted by Crippen LogP contribution is -2.56. The molecule has 154 valence electrons. The van der Waals surface area contributed by atoms with E-state index >= 15 is 8.78 Å². The van der Waals surface area contributed by atoms with E-state index in [0.717, 1.165) is 13.0 Å². The quantitative estimate of drug-likeness (QED) is 0.727. The number of hydrogen-bond acceptors (Lipinski definition) is 5. The Kier molecular flexibility index (Phi) is 5.32. The Morgan fingerprint density at radius 3 is 2.57 bits per heavy atom. The first-order valence-electron chi connectivity index (χ1n) is 9.04. The molecule has 2 aromatic rings. The standard InChI is InChI=1S/C22H19F3N4O/c1-20(2)22(24,25)21(3,29-19(27)13-30-20)17-10-14(5-7-18(17)23)4-6-16-12-28-9-8-15(16)11-26/h5,7-10,12H,13H2,1-3H3,(H2,27,29)/t21-/m1/s1. The molecule has 0 aliphatic carbocycles. The minimum Gasteiger partial charge on any atom is -0.385 e. The third kappa shape index (κ3) is 3.51. The lowest BCUT2D eigenvalue weighted by atomic mass is 9.77. The van der Waals surface area contributed by atoms with E-state index in [9.17, 15) is 4.39 Å². The molecule has 0 saturated heterocycles. The molecular formula is C22H19F3N4O. The molecule has 1 aromatic carbocycles. The number of nitrogens with zero attached hydrogens (tertiary/aromatic N) is 3. The first-order valence-corrected chi connectivity index (χ1v) is 9.04. The zero-order valence-corrected chi connectivity index (χ0v) is 16.6. The van der Waals surface area contributed by atoms with E-state index in [1.807, 2.05) is 6.07 Å². The molecule has 1 atom stereocenters. The Hall–Kier alpha value is -3.36. The van der Waals surface area contributed by atoms with Gasteiger partial charge in [0.25, 0.3) is 0 Å². The van der Waals surface area contributed by atoms with Crippen molar-refractivity contribution in [2.75, 3.05) is 6.61 Å². The Balaban J connectivity index is 2.15. The Morgan fingerprint density at radius 2 is 1.87 bits per heavy atom. The third-order valence-electron chi connectivity index (χ3n) is 5.09. The smallest absolute Gasteiger partial charge is 0.304 e. The van der Waals surface area contributed by atoms with E-state index in [2.05, 4.69) is 21.8 Å². The van der Waals surface area contributed by atoms with E-state index < -0.39 is 22.9 Å². The molecule has 0 saturated carbocycles. The average Bonchev–Trinajstić information content (AvgIpc) is 2.76. The van der Waals surface area contributed by atoms with Crippen molar-refractivity contribution in [2.24, 2.45) is 10.7 Å². The van der Waals surface area contributed by atoms with E-state index in [4.69, 9.17) is 15.7 Å². The minimum absolute atomic E-state index is 0.160. The van der Waals surface area contributed by atoms with Crippen molar-refractivity contribution >= 4 is 5.84 Å². The molecule has 3 rings (SSSR count). The number of nitrogens with two attached hydrogens (primary N) is 1. The summed E-state index contributed by atoms with van der Waals surface area (Å²) in [6, 6.07) is 7.14. The highest BCUT2D eigenvalue weighted by Crippen LogP contribution is 2.50. The highest BCUT2D eigenvalue weighted by atomic mass is 19.3. The number of benzene rings is 1. The Labute approximate surface area is 172 Å². The number of ether oxygens (including phenoxy) is 1. The van der Waals surface area contributed by atoms with Crippen molar-refractivity contribution in [1.29, 1.82) is 5.26 Å². The molecule has 30 heavy (non-hydrogen) atoms. The summed E-state index contributed by atoms with van der Waals surface area (Å²) in [7, 11) is 0. The Morgan fingerprint density at radius 1 is 1.13 bits per heavy atom. The van der Waals surface area contributed by atoms with Gasteiger partial charge >= 0.3 is 5.92 Å². The van der Waals surface area contributed by atoms with Gasteiger partial charge in [-0.3, -0.25) is 9.98 Å².